The first kappa shape index (κ1) is 14.5. The summed E-state index contributed by atoms with van der Waals surface area (Å²) in [5, 5.41) is 21.4. The van der Waals surface area contributed by atoms with Crippen LogP contribution in [0.1, 0.15) is 15.9 Å². The summed E-state index contributed by atoms with van der Waals surface area (Å²) in [6.07, 6.45) is 1.14. The second kappa shape index (κ2) is 5.76. The molecule has 23 heavy (non-hydrogen) atoms. The van der Waals surface area contributed by atoms with Gasteiger partial charge in [0.15, 0.2) is 0 Å². The number of hydrogen-bond acceptors (Lipinski definition) is 5. The van der Waals surface area contributed by atoms with Gasteiger partial charge in [-0.1, -0.05) is 23.9 Å². The zero-order chi connectivity index (χ0) is 16.4. The average molecular weight is 308 g/mol. The lowest BCUT2D eigenvalue weighted by molar-refractivity contribution is -0.266. The van der Waals surface area contributed by atoms with E-state index in [2.05, 4.69) is 4.99 Å². The molecule has 0 aliphatic carbocycles. The topological polar surface area (TPSA) is 103 Å². The molecule has 0 saturated carbocycles. The monoisotopic (exact) mass is 308 g/mol. The third-order valence-corrected chi connectivity index (χ3v) is 3.26. The summed E-state index contributed by atoms with van der Waals surface area (Å²) in [6.45, 7) is 0. The molecule has 0 atom stereocenters. The van der Waals surface area contributed by atoms with E-state index < -0.39 is 17.3 Å². The molecule has 0 radical (unpaired) electrons. The Bertz CT molecular complexity index is 970. The average Bonchev–Trinajstić information content (AvgIpc) is 2.55. The second-order valence-electron chi connectivity index (χ2n) is 4.74. The van der Waals surface area contributed by atoms with Gasteiger partial charge in [0.25, 0.3) is 0 Å². The second-order valence-corrected chi connectivity index (χ2v) is 4.74. The van der Waals surface area contributed by atoms with Gasteiger partial charge in [-0.15, -0.1) is 0 Å². The van der Waals surface area contributed by atoms with Crippen LogP contribution < -0.4 is 10.7 Å². The van der Waals surface area contributed by atoms with Crippen LogP contribution in [0.5, 0.6) is 5.75 Å². The molecule has 3 rings (SSSR count). The van der Waals surface area contributed by atoms with Crippen molar-refractivity contribution in [2.75, 3.05) is 0 Å². The first-order chi connectivity index (χ1) is 11.1. The van der Waals surface area contributed by atoms with E-state index in [9.17, 15) is 14.7 Å². The molecule has 3 aromatic rings. The number of rotatable bonds is 3. The van der Waals surface area contributed by atoms with Gasteiger partial charge in [-0.2, -0.15) is 0 Å². The fourth-order valence-electron chi connectivity index (χ4n) is 2.08. The van der Waals surface area contributed by atoms with Crippen LogP contribution in [0.3, 0.4) is 0 Å². The molecule has 2 aromatic carbocycles. The van der Waals surface area contributed by atoms with Gasteiger partial charge in [-0.25, -0.2) is 9.59 Å². The van der Waals surface area contributed by atoms with E-state index in [-0.39, 0.29) is 16.7 Å². The first-order valence-electron chi connectivity index (χ1n) is 6.66. The lowest BCUT2D eigenvalue weighted by Gasteiger charge is -2.11. The number of aliphatic imine (C=N–C) groups is 1. The maximum Gasteiger partial charge on any atom is 0.344 e. The summed E-state index contributed by atoms with van der Waals surface area (Å²) in [4.78, 5) is 26.7. The fourth-order valence-corrected chi connectivity index (χ4v) is 2.08. The third-order valence-electron chi connectivity index (χ3n) is 3.26. The number of carboxylic acid groups (broad SMARTS) is 1. The predicted octanol–water partition coefficient (Wildman–Crippen LogP) is 2.32. The highest BCUT2D eigenvalue weighted by Crippen LogP contribution is 2.23. The molecule has 0 aliphatic heterocycles. The summed E-state index contributed by atoms with van der Waals surface area (Å²) in [7, 11) is 0. The normalized spacial score (nSPS) is 11.1. The Kier molecular flexibility index (Phi) is 3.64. The Morgan fingerprint density at radius 1 is 1.13 bits per heavy atom. The summed E-state index contributed by atoms with van der Waals surface area (Å²) in [5.74, 6) is -1.50. The smallest absolute Gasteiger partial charge is 0.344 e. The van der Waals surface area contributed by atoms with Crippen molar-refractivity contribution < 1.29 is 19.4 Å². The van der Waals surface area contributed by atoms with Crippen LogP contribution >= 0.6 is 0 Å². The van der Waals surface area contributed by atoms with Gasteiger partial charge >= 0.3 is 11.6 Å². The van der Waals surface area contributed by atoms with Gasteiger partial charge in [0.05, 0.1) is 16.8 Å². The van der Waals surface area contributed by atoms with Crippen molar-refractivity contribution in [2.24, 2.45) is 4.99 Å². The van der Waals surface area contributed by atoms with E-state index in [0.717, 1.165) is 6.21 Å². The summed E-state index contributed by atoms with van der Waals surface area (Å²) >= 11 is 0. The van der Waals surface area contributed by atoms with Gasteiger partial charge < -0.3 is 14.6 Å². The van der Waals surface area contributed by atoms with E-state index in [1.807, 2.05) is 0 Å². The van der Waals surface area contributed by atoms with Crippen LogP contribution in [0.15, 0.2) is 62.7 Å². The number of nitrogens with zero attached hydrogens (tertiary/aromatic N) is 1. The minimum absolute atomic E-state index is 0.124. The van der Waals surface area contributed by atoms with Crippen LogP contribution in [0.2, 0.25) is 0 Å². The van der Waals surface area contributed by atoms with Crippen molar-refractivity contribution in [2.45, 2.75) is 0 Å². The highest BCUT2D eigenvalue weighted by Gasteiger charge is 2.06. The lowest BCUT2D eigenvalue weighted by Crippen LogP contribution is -2.11. The molecule has 1 heterocycles. The van der Waals surface area contributed by atoms with E-state index >= 15 is 0 Å². The van der Waals surface area contributed by atoms with Gasteiger partial charge in [0, 0.05) is 11.6 Å². The van der Waals surface area contributed by atoms with Crippen LogP contribution in [0.4, 0.5) is 5.69 Å². The molecule has 0 spiro atoms. The van der Waals surface area contributed by atoms with Gasteiger partial charge in [-0.3, -0.25) is 4.99 Å². The molecule has 0 aliphatic rings. The van der Waals surface area contributed by atoms with Crippen molar-refractivity contribution in [3.05, 3.63) is 70.1 Å². The zero-order valence-corrected chi connectivity index (χ0v) is 11.7. The Morgan fingerprint density at radius 3 is 2.52 bits per heavy atom. The van der Waals surface area contributed by atoms with Gasteiger partial charge in [-0.05, 0) is 30.3 Å². The van der Waals surface area contributed by atoms with Crippen molar-refractivity contribution >= 4 is 28.8 Å². The lowest BCUT2D eigenvalue weighted by atomic mass is 10.1. The molecule has 0 bridgehead atoms. The Balaban J connectivity index is 2.00. The largest absolute Gasteiger partial charge is 0.871 e. The Hall–Kier alpha value is -3.41. The van der Waals surface area contributed by atoms with Crippen molar-refractivity contribution in [1.82, 2.24) is 0 Å². The number of benzene rings is 2. The number of para-hydroxylation sites is 1. The molecule has 1 aromatic heterocycles. The molecule has 0 unspecified atom stereocenters. The van der Waals surface area contributed by atoms with E-state index in [4.69, 9.17) is 9.52 Å². The summed E-state index contributed by atoms with van der Waals surface area (Å²) < 4.78 is 5.09. The number of fused-ring (bicyclic) bond motifs is 1. The highest BCUT2D eigenvalue weighted by molar-refractivity contribution is 5.94. The first-order valence-corrected chi connectivity index (χ1v) is 6.66. The summed E-state index contributed by atoms with van der Waals surface area (Å²) in [5.41, 5.74) is -0.170. The number of carbonyl (C=O) groups is 1. The van der Waals surface area contributed by atoms with E-state index in [0.29, 0.717) is 11.1 Å². The van der Waals surface area contributed by atoms with Crippen molar-refractivity contribution in [1.29, 1.82) is 0 Å². The van der Waals surface area contributed by atoms with E-state index in [1.54, 1.807) is 24.3 Å². The Morgan fingerprint density at radius 2 is 1.83 bits per heavy atom. The molecule has 6 heteroatoms. The standard InChI is InChI=1S/C17H11NO5/c19-15-12-3-1-2-4-14(12)23-17(22)13(15)9-18-11-7-5-10(6-8-11)16(20)21/h1-9,19H,(H,20,21)/p-1. The van der Waals surface area contributed by atoms with Gasteiger partial charge in [0.2, 0.25) is 0 Å². The molecule has 1 N–H and O–H groups in total. The predicted molar refractivity (Wildman–Crippen MR) is 82.6 cm³/mol. The van der Waals surface area contributed by atoms with Crippen molar-refractivity contribution in [3.8, 4) is 5.75 Å². The van der Waals surface area contributed by atoms with Crippen LogP contribution in [-0.2, 0) is 0 Å². The van der Waals surface area contributed by atoms with Crippen LogP contribution in [0, 0.1) is 0 Å². The van der Waals surface area contributed by atoms with Crippen molar-refractivity contribution in [3.63, 3.8) is 0 Å². The minimum atomic E-state index is -1.04. The SMILES string of the molecule is O=C(O)c1ccc(N=Cc2c([O-])c3ccccc3oc2=O)cc1. The molecular weight excluding hydrogens is 298 g/mol. The van der Waals surface area contributed by atoms with Crippen LogP contribution in [-0.4, -0.2) is 17.3 Å². The van der Waals surface area contributed by atoms with Crippen LogP contribution in [0.25, 0.3) is 11.0 Å². The molecule has 0 amide bonds. The molecular formula is C17H10NO5-. The molecule has 114 valence electrons. The number of carboxylic acids is 1. The quantitative estimate of drug-likeness (QED) is 0.590. The maximum atomic E-state index is 12.3. The molecule has 6 nitrogen and oxygen atoms in total. The maximum absolute atomic E-state index is 12.3. The summed E-state index contributed by atoms with van der Waals surface area (Å²) in [6, 6.07) is 12.2. The number of hydrogen-bond donors (Lipinski definition) is 1. The highest BCUT2D eigenvalue weighted by atomic mass is 16.4. The third kappa shape index (κ3) is 2.82. The Labute approximate surface area is 130 Å². The zero-order valence-electron chi connectivity index (χ0n) is 11.7. The van der Waals surface area contributed by atoms with E-state index in [1.165, 1.54) is 24.3 Å². The van der Waals surface area contributed by atoms with Gasteiger partial charge in [0.1, 0.15) is 5.58 Å². The minimum Gasteiger partial charge on any atom is -0.871 e. The number of aromatic carboxylic acids is 1. The fraction of sp³-hybridized carbons (Fsp3) is 0. The molecule has 0 saturated heterocycles. The molecule has 0 fully saturated rings.